The highest BCUT2D eigenvalue weighted by molar-refractivity contribution is 7.80. The number of rotatable bonds is 9. The van der Waals surface area contributed by atoms with E-state index < -0.39 is 0 Å². The largest absolute Gasteiger partial charge is 0.477 e. The molecule has 1 aromatic heterocycles. The number of nitrogens with two attached hydrogens (primary N) is 1. The molecule has 0 spiro atoms. The van der Waals surface area contributed by atoms with E-state index in [9.17, 15) is 0 Å². The molecule has 0 aliphatic heterocycles. The van der Waals surface area contributed by atoms with E-state index in [0.29, 0.717) is 37.9 Å². The van der Waals surface area contributed by atoms with E-state index in [-0.39, 0.29) is 4.99 Å². The zero-order valence-corrected chi connectivity index (χ0v) is 11.2. The van der Waals surface area contributed by atoms with E-state index in [1.54, 1.807) is 25.4 Å². The molecule has 0 amide bonds. The SMILES string of the molecule is COCCOCCCOc1ncccc1C(N)=S. The number of aromatic nitrogens is 1. The highest BCUT2D eigenvalue weighted by atomic mass is 32.1. The second kappa shape index (κ2) is 8.79. The van der Waals surface area contributed by atoms with Gasteiger partial charge in [-0.05, 0) is 12.1 Å². The number of pyridine rings is 1. The quantitative estimate of drug-likeness (QED) is 0.536. The Kier molecular flexibility index (Phi) is 7.24. The van der Waals surface area contributed by atoms with Crippen LogP contribution in [0.2, 0.25) is 0 Å². The van der Waals surface area contributed by atoms with E-state index in [0.717, 1.165) is 6.42 Å². The topological polar surface area (TPSA) is 66.6 Å². The van der Waals surface area contributed by atoms with Crippen LogP contribution in [0, 0.1) is 0 Å². The third-order valence-electron chi connectivity index (χ3n) is 2.14. The second-order valence-corrected chi connectivity index (χ2v) is 3.97. The highest BCUT2D eigenvalue weighted by Gasteiger charge is 2.06. The van der Waals surface area contributed by atoms with Crippen molar-refractivity contribution in [3.05, 3.63) is 23.9 Å². The molecule has 1 heterocycles. The minimum atomic E-state index is 0.287. The van der Waals surface area contributed by atoms with Crippen molar-refractivity contribution in [1.82, 2.24) is 4.98 Å². The van der Waals surface area contributed by atoms with Crippen LogP contribution in [-0.2, 0) is 9.47 Å². The summed E-state index contributed by atoms with van der Waals surface area (Å²) in [6.45, 7) is 2.34. The van der Waals surface area contributed by atoms with Crippen LogP contribution in [0.1, 0.15) is 12.0 Å². The van der Waals surface area contributed by atoms with Crippen molar-refractivity contribution in [2.45, 2.75) is 6.42 Å². The maximum Gasteiger partial charge on any atom is 0.223 e. The molecule has 0 aliphatic rings. The fraction of sp³-hybridized carbons (Fsp3) is 0.500. The van der Waals surface area contributed by atoms with Gasteiger partial charge in [0.2, 0.25) is 5.88 Å². The van der Waals surface area contributed by atoms with Crippen LogP contribution in [0.4, 0.5) is 0 Å². The molecule has 1 rings (SSSR count). The number of hydrogen-bond donors (Lipinski definition) is 1. The summed E-state index contributed by atoms with van der Waals surface area (Å²) in [5, 5.41) is 0. The average Bonchev–Trinajstić information content (AvgIpc) is 2.38. The maximum absolute atomic E-state index is 5.57. The zero-order valence-electron chi connectivity index (χ0n) is 10.4. The number of ether oxygens (including phenoxy) is 3. The smallest absolute Gasteiger partial charge is 0.223 e. The van der Waals surface area contributed by atoms with Gasteiger partial charge in [-0.3, -0.25) is 0 Å². The van der Waals surface area contributed by atoms with Crippen molar-refractivity contribution >= 4 is 17.2 Å². The Hall–Kier alpha value is -1.24. The first-order valence-electron chi connectivity index (χ1n) is 5.70. The minimum absolute atomic E-state index is 0.287. The first kappa shape index (κ1) is 14.8. The average molecular weight is 270 g/mol. The summed E-state index contributed by atoms with van der Waals surface area (Å²) < 4.78 is 15.7. The van der Waals surface area contributed by atoms with Crippen molar-refractivity contribution < 1.29 is 14.2 Å². The summed E-state index contributed by atoms with van der Waals surface area (Å²) >= 11 is 4.92. The fourth-order valence-electron chi connectivity index (χ4n) is 1.27. The Morgan fingerprint density at radius 1 is 1.33 bits per heavy atom. The molecule has 18 heavy (non-hydrogen) atoms. The predicted octanol–water partition coefficient (Wildman–Crippen LogP) is 1.15. The lowest BCUT2D eigenvalue weighted by atomic mass is 10.3. The molecule has 0 atom stereocenters. The summed E-state index contributed by atoms with van der Waals surface area (Å²) in [6.07, 6.45) is 2.42. The van der Waals surface area contributed by atoms with Crippen LogP contribution in [0.5, 0.6) is 5.88 Å². The van der Waals surface area contributed by atoms with E-state index in [2.05, 4.69) is 4.98 Å². The maximum atomic E-state index is 5.57. The van der Waals surface area contributed by atoms with Gasteiger partial charge in [0.1, 0.15) is 4.99 Å². The lowest BCUT2D eigenvalue weighted by Crippen LogP contribution is -2.13. The van der Waals surface area contributed by atoms with E-state index >= 15 is 0 Å². The molecule has 6 heteroatoms. The molecule has 0 unspecified atom stereocenters. The summed E-state index contributed by atoms with van der Waals surface area (Å²) in [6, 6.07) is 3.56. The van der Waals surface area contributed by atoms with Gasteiger partial charge in [0.15, 0.2) is 0 Å². The molecule has 0 radical (unpaired) electrons. The number of thiocarbonyl (C=S) groups is 1. The van der Waals surface area contributed by atoms with Gasteiger partial charge >= 0.3 is 0 Å². The standard InChI is InChI=1S/C12H18N2O3S/c1-15-8-9-16-6-3-7-17-12-10(11(13)18)4-2-5-14-12/h2,4-5H,3,6-9H2,1H3,(H2,13,18). The number of hydrogen-bond acceptors (Lipinski definition) is 5. The normalized spacial score (nSPS) is 10.3. The Labute approximate surface area is 112 Å². The Balaban J connectivity index is 2.25. The van der Waals surface area contributed by atoms with Crippen LogP contribution in [-0.4, -0.2) is 43.5 Å². The van der Waals surface area contributed by atoms with Crippen LogP contribution in [0.15, 0.2) is 18.3 Å². The van der Waals surface area contributed by atoms with Crippen molar-refractivity contribution in [3.63, 3.8) is 0 Å². The monoisotopic (exact) mass is 270 g/mol. The molecule has 1 aromatic rings. The summed E-state index contributed by atoms with van der Waals surface area (Å²) in [5.41, 5.74) is 6.23. The van der Waals surface area contributed by atoms with Gasteiger partial charge in [0, 0.05) is 26.3 Å². The first-order valence-corrected chi connectivity index (χ1v) is 6.11. The van der Waals surface area contributed by atoms with Crippen molar-refractivity contribution in [3.8, 4) is 5.88 Å². The van der Waals surface area contributed by atoms with Crippen LogP contribution in [0.3, 0.4) is 0 Å². The molecule has 0 aliphatic carbocycles. The minimum Gasteiger partial charge on any atom is -0.477 e. The molecule has 100 valence electrons. The van der Waals surface area contributed by atoms with Crippen LogP contribution in [0.25, 0.3) is 0 Å². The third kappa shape index (κ3) is 5.39. The van der Waals surface area contributed by atoms with E-state index in [4.69, 9.17) is 32.2 Å². The molecule has 0 fully saturated rings. The van der Waals surface area contributed by atoms with Gasteiger partial charge in [-0.2, -0.15) is 0 Å². The van der Waals surface area contributed by atoms with Crippen molar-refractivity contribution in [2.75, 3.05) is 33.5 Å². The Morgan fingerprint density at radius 2 is 2.17 bits per heavy atom. The van der Waals surface area contributed by atoms with Crippen LogP contribution >= 0.6 is 12.2 Å². The number of nitrogens with zero attached hydrogens (tertiary/aromatic N) is 1. The lowest BCUT2D eigenvalue weighted by molar-refractivity contribution is 0.0642. The van der Waals surface area contributed by atoms with E-state index in [1.807, 2.05) is 0 Å². The highest BCUT2D eigenvalue weighted by Crippen LogP contribution is 2.13. The molecule has 2 N–H and O–H groups in total. The second-order valence-electron chi connectivity index (χ2n) is 3.53. The van der Waals surface area contributed by atoms with Gasteiger partial charge in [0.25, 0.3) is 0 Å². The van der Waals surface area contributed by atoms with Gasteiger partial charge in [-0.15, -0.1) is 0 Å². The van der Waals surface area contributed by atoms with E-state index in [1.165, 1.54) is 0 Å². The third-order valence-corrected chi connectivity index (χ3v) is 2.36. The summed E-state index contributed by atoms with van der Waals surface area (Å²) in [4.78, 5) is 4.38. The molecular formula is C12H18N2O3S. The fourth-order valence-corrected chi connectivity index (χ4v) is 1.42. The molecule has 5 nitrogen and oxygen atoms in total. The number of methoxy groups -OCH3 is 1. The predicted molar refractivity (Wildman–Crippen MR) is 72.9 cm³/mol. The van der Waals surface area contributed by atoms with Gasteiger partial charge in [0.05, 0.1) is 25.4 Å². The lowest BCUT2D eigenvalue weighted by Gasteiger charge is -2.09. The molecule has 0 saturated heterocycles. The zero-order chi connectivity index (χ0) is 13.2. The molecular weight excluding hydrogens is 252 g/mol. The Morgan fingerprint density at radius 3 is 2.89 bits per heavy atom. The Bertz CT molecular complexity index is 374. The summed E-state index contributed by atoms with van der Waals surface area (Å²) in [5.74, 6) is 0.474. The molecule has 0 saturated carbocycles. The van der Waals surface area contributed by atoms with Gasteiger partial charge < -0.3 is 19.9 Å². The molecule has 0 aromatic carbocycles. The van der Waals surface area contributed by atoms with Crippen LogP contribution < -0.4 is 10.5 Å². The molecule has 0 bridgehead atoms. The first-order chi connectivity index (χ1) is 8.75. The van der Waals surface area contributed by atoms with Crippen molar-refractivity contribution in [2.24, 2.45) is 5.73 Å². The van der Waals surface area contributed by atoms with Gasteiger partial charge in [-0.1, -0.05) is 12.2 Å². The van der Waals surface area contributed by atoms with Gasteiger partial charge in [-0.25, -0.2) is 4.98 Å². The van der Waals surface area contributed by atoms with Crippen molar-refractivity contribution in [1.29, 1.82) is 0 Å². The summed E-state index contributed by atoms with van der Waals surface area (Å²) in [7, 11) is 1.64.